The molecule has 0 saturated carbocycles. The largest absolute Gasteiger partial charge is 0.497 e. The van der Waals surface area contributed by atoms with E-state index in [0.29, 0.717) is 11.4 Å². The maximum Gasteiger partial charge on any atom is 0.264 e. The third kappa shape index (κ3) is 5.05. The summed E-state index contributed by atoms with van der Waals surface area (Å²) in [5, 5.41) is 3.14. The molecule has 0 radical (unpaired) electrons. The number of hydrogen-bond donors (Lipinski definition) is 1. The number of carbonyl (C=O) groups excluding carboxylic acids is 1. The van der Waals surface area contributed by atoms with Crippen molar-refractivity contribution < 1.29 is 17.9 Å². The number of carbonyl (C=O) groups is 1. The van der Waals surface area contributed by atoms with Gasteiger partial charge in [-0.05, 0) is 54.6 Å². The molecule has 9 heteroatoms. The highest BCUT2D eigenvalue weighted by atomic mass is 35.5. The average molecular weight is 465 g/mol. The maximum absolute atomic E-state index is 13.3. The summed E-state index contributed by atoms with van der Waals surface area (Å²) in [7, 11) is -2.49. The summed E-state index contributed by atoms with van der Waals surface area (Å²) in [6, 6.07) is 18.9. The first-order valence-electron chi connectivity index (χ1n) is 8.78. The minimum atomic E-state index is -4.03. The SMILES string of the molecule is COc1ccc(NC(=O)CN(c2ccc(Cl)c(Cl)c2)S(=O)(=O)c2ccccc2)cc1. The van der Waals surface area contributed by atoms with Crippen LogP contribution in [0.15, 0.2) is 77.7 Å². The number of ether oxygens (including phenoxy) is 1. The lowest BCUT2D eigenvalue weighted by atomic mass is 10.3. The van der Waals surface area contributed by atoms with Crippen LogP contribution in [0.2, 0.25) is 10.0 Å². The van der Waals surface area contributed by atoms with Gasteiger partial charge in [0.2, 0.25) is 5.91 Å². The van der Waals surface area contributed by atoms with Crippen molar-refractivity contribution in [3.8, 4) is 5.75 Å². The number of anilines is 2. The van der Waals surface area contributed by atoms with E-state index < -0.39 is 22.5 Å². The number of nitrogens with zero attached hydrogens (tertiary/aromatic N) is 1. The summed E-state index contributed by atoms with van der Waals surface area (Å²) < 4.78 is 32.6. The maximum atomic E-state index is 13.3. The fourth-order valence-corrected chi connectivity index (χ4v) is 4.41. The first kappa shape index (κ1) is 22.0. The van der Waals surface area contributed by atoms with Crippen molar-refractivity contribution in [2.45, 2.75) is 4.90 Å². The molecule has 0 aliphatic heterocycles. The zero-order valence-electron chi connectivity index (χ0n) is 15.9. The van der Waals surface area contributed by atoms with Gasteiger partial charge in [-0.2, -0.15) is 0 Å². The summed E-state index contributed by atoms with van der Waals surface area (Å²) in [6.07, 6.45) is 0. The molecule has 0 unspecified atom stereocenters. The van der Waals surface area contributed by atoms with Crippen LogP contribution in [0.3, 0.4) is 0 Å². The summed E-state index contributed by atoms with van der Waals surface area (Å²) in [6.45, 7) is -0.457. The van der Waals surface area contributed by atoms with Crippen molar-refractivity contribution in [1.82, 2.24) is 0 Å². The number of methoxy groups -OCH3 is 1. The quantitative estimate of drug-likeness (QED) is 0.542. The highest BCUT2D eigenvalue weighted by Gasteiger charge is 2.27. The van der Waals surface area contributed by atoms with Gasteiger partial charge in [0.15, 0.2) is 0 Å². The van der Waals surface area contributed by atoms with Crippen LogP contribution in [0.25, 0.3) is 0 Å². The molecule has 0 aliphatic rings. The fourth-order valence-electron chi connectivity index (χ4n) is 2.68. The molecule has 0 fully saturated rings. The van der Waals surface area contributed by atoms with E-state index in [4.69, 9.17) is 27.9 Å². The molecule has 0 aromatic heterocycles. The average Bonchev–Trinajstić information content (AvgIpc) is 2.75. The highest BCUT2D eigenvalue weighted by molar-refractivity contribution is 7.92. The summed E-state index contributed by atoms with van der Waals surface area (Å²) in [4.78, 5) is 12.7. The van der Waals surface area contributed by atoms with E-state index in [-0.39, 0.29) is 20.6 Å². The predicted molar refractivity (Wildman–Crippen MR) is 119 cm³/mol. The summed E-state index contributed by atoms with van der Waals surface area (Å²) in [5.74, 6) is 0.114. The first-order valence-corrected chi connectivity index (χ1v) is 11.0. The van der Waals surface area contributed by atoms with Crippen LogP contribution in [0.4, 0.5) is 11.4 Å². The molecule has 0 bridgehead atoms. The van der Waals surface area contributed by atoms with Crippen LogP contribution in [0, 0.1) is 0 Å². The van der Waals surface area contributed by atoms with Crippen molar-refractivity contribution in [1.29, 1.82) is 0 Å². The third-order valence-electron chi connectivity index (χ3n) is 4.18. The van der Waals surface area contributed by atoms with Crippen LogP contribution >= 0.6 is 23.2 Å². The molecule has 30 heavy (non-hydrogen) atoms. The van der Waals surface area contributed by atoms with Crippen molar-refractivity contribution in [3.05, 3.63) is 82.8 Å². The van der Waals surface area contributed by atoms with Crippen LogP contribution in [-0.2, 0) is 14.8 Å². The van der Waals surface area contributed by atoms with Gasteiger partial charge in [-0.15, -0.1) is 0 Å². The fraction of sp³-hybridized carbons (Fsp3) is 0.0952. The van der Waals surface area contributed by atoms with Gasteiger partial charge < -0.3 is 10.1 Å². The Bertz CT molecular complexity index is 1140. The Labute approximate surface area is 185 Å². The topological polar surface area (TPSA) is 75.7 Å². The van der Waals surface area contributed by atoms with Crippen molar-refractivity contribution in [2.24, 2.45) is 0 Å². The Morgan fingerprint density at radius 3 is 2.23 bits per heavy atom. The van der Waals surface area contributed by atoms with Gasteiger partial charge in [0, 0.05) is 5.69 Å². The van der Waals surface area contributed by atoms with Crippen LogP contribution in [0.5, 0.6) is 5.75 Å². The van der Waals surface area contributed by atoms with Crippen molar-refractivity contribution >= 4 is 50.5 Å². The molecule has 6 nitrogen and oxygen atoms in total. The number of sulfonamides is 1. The van der Waals surface area contributed by atoms with E-state index in [2.05, 4.69) is 5.32 Å². The number of nitrogens with one attached hydrogen (secondary N) is 1. The van der Waals surface area contributed by atoms with E-state index in [0.717, 1.165) is 4.31 Å². The monoisotopic (exact) mass is 464 g/mol. The van der Waals surface area contributed by atoms with Gasteiger partial charge in [0.25, 0.3) is 10.0 Å². The molecule has 0 heterocycles. The zero-order chi connectivity index (χ0) is 21.7. The number of amides is 1. The molecule has 0 aliphatic carbocycles. The van der Waals surface area contributed by atoms with Crippen LogP contribution < -0.4 is 14.4 Å². The number of benzene rings is 3. The molecular formula is C21H18Cl2N2O4S. The van der Waals surface area contributed by atoms with E-state index in [9.17, 15) is 13.2 Å². The van der Waals surface area contributed by atoms with E-state index in [1.807, 2.05) is 0 Å². The molecule has 3 aromatic rings. The van der Waals surface area contributed by atoms with Gasteiger partial charge in [-0.1, -0.05) is 41.4 Å². The van der Waals surface area contributed by atoms with Gasteiger partial charge in [-0.3, -0.25) is 9.10 Å². The second-order valence-electron chi connectivity index (χ2n) is 6.20. The minimum absolute atomic E-state index is 0.0494. The van der Waals surface area contributed by atoms with E-state index in [1.165, 1.54) is 37.4 Å². The normalized spacial score (nSPS) is 11.0. The number of hydrogen-bond acceptors (Lipinski definition) is 4. The molecule has 3 aromatic carbocycles. The van der Waals surface area contributed by atoms with Crippen LogP contribution in [-0.4, -0.2) is 28.0 Å². The molecule has 3 rings (SSSR count). The lowest BCUT2D eigenvalue weighted by Gasteiger charge is -2.24. The molecule has 1 amide bonds. The number of halogens is 2. The Morgan fingerprint density at radius 2 is 1.63 bits per heavy atom. The van der Waals surface area contributed by atoms with Gasteiger partial charge >= 0.3 is 0 Å². The Balaban J connectivity index is 1.92. The van der Waals surface area contributed by atoms with Gasteiger partial charge in [0.1, 0.15) is 12.3 Å². The van der Waals surface area contributed by atoms with Gasteiger partial charge in [0.05, 0.1) is 27.7 Å². The van der Waals surface area contributed by atoms with E-state index in [1.54, 1.807) is 42.5 Å². The first-order chi connectivity index (χ1) is 14.3. The molecule has 1 N–H and O–H groups in total. The summed E-state index contributed by atoms with van der Waals surface area (Å²) >= 11 is 12.0. The highest BCUT2D eigenvalue weighted by Crippen LogP contribution is 2.30. The van der Waals surface area contributed by atoms with Crippen LogP contribution in [0.1, 0.15) is 0 Å². The lowest BCUT2D eigenvalue weighted by molar-refractivity contribution is -0.114. The lowest BCUT2D eigenvalue weighted by Crippen LogP contribution is -2.38. The van der Waals surface area contributed by atoms with Gasteiger partial charge in [-0.25, -0.2) is 8.42 Å². The molecular weight excluding hydrogens is 447 g/mol. The molecule has 156 valence electrons. The summed E-state index contributed by atoms with van der Waals surface area (Å²) in [5.41, 5.74) is 0.727. The van der Waals surface area contributed by atoms with Crippen molar-refractivity contribution in [2.75, 3.05) is 23.3 Å². The van der Waals surface area contributed by atoms with E-state index >= 15 is 0 Å². The molecule has 0 saturated heterocycles. The zero-order valence-corrected chi connectivity index (χ0v) is 18.2. The molecule has 0 atom stereocenters. The minimum Gasteiger partial charge on any atom is -0.497 e. The smallest absolute Gasteiger partial charge is 0.264 e. The second kappa shape index (κ2) is 9.38. The Hall–Kier alpha value is -2.74. The Morgan fingerprint density at radius 1 is 0.967 bits per heavy atom. The third-order valence-corrected chi connectivity index (χ3v) is 6.71. The predicted octanol–water partition coefficient (Wildman–Crippen LogP) is 4.84. The van der Waals surface area contributed by atoms with Crippen molar-refractivity contribution in [3.63, 3.8) is 0 Å². The standard InChI is InChI=1S/C21H18Cl2N2O4S/c1-29-17-10-7-15(8-11-17)24-21(26)14-25(16-9-12-19(22)20(23)13-16)30(27,28)18-5-3-2-4-6-18/h2-13H,14H2,1H3,(H,24,26). The second-order valence-corrected chi connectivity index (χ2v) is 8.88. The number of rotatable bonds is 7. The Kier molecular flexibility index (Phi) is 6.87. The molecule has 0 spiro atoms.